The van der Waals surface area contributed by atoms with E-state index in [-0.39, 0.29) is 5.97 Å². The molecule has 2 heteroatoms. The molecule has 0 amide bonds. The van der Waals surface area contributed by atoms with Gasteiger partial charge in [-0.15, -0.1) is 0 Å². The number of hydrogen-bond donors (Lipinski definition) is 0. The minimum atomic E-state index is -0.269. The standard InChI is InChI=1S/C22H30O2/c1-18(2)10-8-11-19(3)12-9-13-20(4)16-17-24-22(23)21-14-6-5-7-15-21/h5-7,10,12,14-16H,8-9,11,13,17H2,1-4H3/b19-12-,20-16+. The van der Waals surface area contributed by atoms with Gasteiger partial charge in [0.2, 0.25) is 0 Å². The molecule has 1 aromatic carbocycles. The van der Waals surface area contributed by atoms with Gasteiger partial charge in [0.15, 0.2) is 0 Å². The lowest BCUT2D eigenvalue weighted by molar-refractivity contribution is 0.0549. The zero-order valence-corrected chi connectivity index (χ0v) is 15.5. The number of allylic oxidation sites excluding steroid dienone is 5. The Kier molecular flexibility index (Phi) is 9.52. The third-order valence-electron chi connectivity index (χ3n) is 3.78. The summed E-state index contributed by atoms with van der Waals surface area (Å²) in [5.74, 6) is -0.269. The molecule has 0 atom stereocenters. The van der Waals surface area contributed by atoms with Gasteiger partial charge in [0.1, 0.15) is 6.61 Å². The van der Waals surface area contributed by atoms with Crippen molar-refractivity contribution in [1.29, 1.82) is 0 Å². The highest BCUT2D eigenvalue weighted by Crippen LogP contribution is 2.11. The van der Waals surface area contributed by atoms with Gasteiger partial charge in [0.05, 0.1) is 5.56 Å². The van der Waals surface area contributed by atoms with Gasteiger partial charge in [-0.25, -0.2) is 4.79 Å². The lowest BCUT2D eigenvalue weighted by Crippen LogP contribution is -2.04. The first kappa shape index (κ1) is 20.0. The Morgan fingerprint density at radius 3 is 2.08 bits per heavy atom. The number of rotatable bonds is 9. The van der Waals surface area contributed by atoms with Crippen molar-refractivity contribution in [3.8, 4) is 0 Å². The van der Waals surface area contributed by atoms with Crippen LogP contribution < -0.4 is 0 Å². The molecule has 0 aliphatic carbocycles. The second-order valence-electron chi connectivity index (χ2n) is 6.42. The van der Waals surface area contributed by atoms with Crippen LogP contribution in [0.4, 0.5) is 0 Å². The fraction of sp³-hybridized carbons (Fsp3) is 0.409. The van der Waals surface area contributed by atoms with Crippen molar-refractivity contribution < 1.29 is 9.53 Å². The molecule has 0 spiro atoms. The van der Waals surface area contributed by atoms with E-state index in [2.05, 4.69) is 39.8 Å². The normalized spacial score (nSPS) is 12.0. The Balaban J connectivity index is 2.27. The summed E-state index contributed by atoms with van der Waals surface area (Å²) in [4.78, 5) is 11.8. The molecule has 0 bridgehead atoms. The van der Waals surface area contributed by atoms with Crippen molar-refractivity contribution in [3.05, 3.63) is 70.8 Å². The second kappa shape index (κ2) is 11.4. The van der Waals surface area contributed by atoms with Crippen LogP contribution in [-0.2, 0) is 4.74 Å². The summed E-state index contributed by atoms with van der Waals surface area (Å²) >= 11 is 0. The molecule has 1 rings (SSSR count). The molecule has 0 unspecified atom stereocenters. The van der Waals surface area contributed by atoms with Crippen LogP contribution in [0.5, 0.6) is 0 Å². The topological polar surface area (TPSA) is 26.3 Å². The summed E-state index contributed by atoms with van der Waals surface area (Å²) in [5, 5.41) is 0. The van der Waals surface area contributed by atoms with Crippen LogP contribution in [0.1, 0.15) is 63.7 Å². The lowest BCUT2D eigenvalue weighted by atomic mass is 10.1. The summed E-state index contributed by atoms with van der Waals surface area (Å²) in [6.07, 6.45) is 10.9. The molecule has 0 aliphatic rings. The summed E-state index contributed by atoms with van der Waals surface area (Å²) in [6, 6.07) is 9.09. The summed E-state index contributed by atoms with van der Waals surface area (Å²) in [7, 11) is 0. The van der Waals surface area contributed by atoms with Gasteiger partial charge >= 0.3 is 5.97 Å². The van der Waals surface area contributed by atoms with Crippen LogP contribution in [-0.4, -0.2) is 12.6 Å². The molecule has 0 radical (unpaired) electrons. The van der Waals surface area contributed by atoms with E-state index in [4.69, 9.17) is 4.74 Å². The first-order valence-electron chi connectivity index (χ1n) is 8.66. The Morgan fingerprint density at radius 1 is 0.875 bits per heavy atom. The summed E-state index contributed by atoms with van der Waals surface area (Å²) in [6.45, 7) is 8.89. The van der Waals surface area contributed by atoms with Crippen molar-refractivity contribution in [2.45, 2.75) is 53.4 Å². The number of benzene rings is 1. The average Bonchev–Trinajstić information content (AvgIpc) is 2.55. The van der Waals surface area contributed by atoms with Crippen LogP contribution in [0.3, 0.4) is 0 Å². The van der Waals surface area contributed by atoms with E-state index < -0.39 is 0 Å². The highest BCUT2D eigenvalue weighted by molar-refractivity contribution is 5.89. The SMILES string of the molecule is CC(C)=CCC/C(C)=C\CC/C(C)=C/COC(=O)c1ccccc1. The van der Waals surface area contributed by atoms with Gasteiger partial charge in [0, 0.05) is 0 Å². The third kappa shape index (κ3) is 9.14. The van der Waals surface area contributed by atoms with Crippen molar-refractivity contribution in [1.82, 2.24) is 0 Å². The smallest absolute Gasteiger partial charge is 0.338 e. The minimum absolute atomic E-state index is 0.269. The van der Waals surface area contributed by atoms with E-state index in [1.54, 1.807) is 12.1 Å². The number of carbonyl (C=O) groups is 1. The van der Waals surface area contributed by atoms with E-state index in [9.17, 15) is 4.79 Å². The third-order valence-corrected chi connectivity index (χ3v) is 3.78. The Morgan fingerprint density at radius 2 is 1.46 bits per heavy atom. The number of hydrogen-bond acceptors (Lipinski definition) is 2. The highest BCUT2D eigenvalue weighted by Gasteiger charge is 2.04. The number of ether oxygens (including phenoxy) is 1. The monoisotopic (exact) mass is 326 g/mol. The van der Waals surface area contributed by atoms with Crippen LogP contribution in [0.25, 0.3) is 0 Å². The molecule has 0 fully saturated rings. The molecular formula is C22H30O2. The van der Waals surface area contributed by atoms with E-state index in [1.165, 1.54) is 16.7 Å². The zero-order valence-electron chi connectivity index (χ0n) is 15.5. The van der Waals surface area contributed by atoms with Gasteiger partial charge in [-0.05, 0) is 71.6 Å². The van der Waals surface area contributed by atoms with Gasteiger partial charge in [-0.2, -0.15) is 0 Å². The van der Waals surface area contributed by atoms with E-state index in [0.717, 1.165) is 25.7 Å². The Hall–Kier alpha value is -2.09. The molecule has 24 heavy (non-hydrogen) atoms. The quantitative estimate of drug-likeness (QED) is 0.395. The molecule has 0 aliphatic heterocycles. The molecular weight excluding hydrogens is 296 g/mol. The highest BCUT2D eigenvalue weighted by atomic mass is 16.5. The maximum atomic E-state index is 11.8. The number of carbonyl (C=O) groups excluding carboxylic acids is 1. The van der Waals surface area contributed by atoms with Crippen LogP contribution in [0, 0.1) is 0 Å². The Bertz CT molecular complexity index is 588. The molecule has 0 N–H and O–H groups in total. The largest absolute Gasteiger partial charge is 0.458 e. The molecule has 0 heterocycles. The van der Waals surface area contributed by atoms with Crippen molar-refractivity contribution in [3.63, 3.8) is 0 Å². The predicted octanol–water partition coefficient (Wildman–Crippen LogP) is 6.26. The van der Waals surface area contributed by atoms with E-state index in [1.807, 2.05) is 24.3 Å². The summed E-state index contributed by atoms with van der Waals surface area (Å²) < 4.78 is 5.26. The minimum Gasteiger partial charge on any atom is -0.458 e. The van der Waals surface area contributed by atoms with Gasteiger partial charge in [0.25, 0.3) is 0 Å². The molecule has 2 nitrogen and oxygen atoms in total. The van der Waals surface area contributed by atoms with Crippen LogP contribution in [0.2, 0.25) is 0 Å². The maximum absolute atomic E-state index is 11.8. The fourth-order valence-electron chi connectivity index (χ4n) is 2.26. The van der Waals surface area contributed by atoms with E-state index in [0.29, 0.717) is 12.2 Å². The maximum Gasteiger partial charge on any atom is 0.338 e. The van der Waals surface area contributed by atoms with Crippen LogP contribution >= 0.6 is 0 Å². The van der Waals surface area contributed by atoms with Gasteiger partial charge in [-0.1, -0.05) is 47.1 Å². The second-order valence-corrected chi connectivity index (χ2v) is 6.42. The Labute approximate surface area is 146 Å². The zero-order chi connectivity index (χ0) is 17.8. The first-order chi connectivity index (χ1) is 11.5. The fourth-order valence-corrected chi connectivity index (χ4v) is 2.26. The lowest BCUT2D eigenvalue weighted by Gasteiger charge is -2.04. The number of esters is 1. The predicted molar refractivity (Wildman–Crippen MR) is 102 cm³/mol. The van der Waals surface area contributed by atoms with Crippen LogP contribution in [0.15, 0.2) is 65.3 Å². The van der Waals surface area contributed by atoms with E-state index >= 15 is 0 Å². The first-order valence-corrected chi connectivity index (χ1v) is 8.66. The summed E-state index contributed by atoms with van der Waals surface area (Å²) in [5.41, 5.74) is 4.67. The van der Waals surface area contributed by atoms with Crippen molar-refractivity contribution >= 4 is 5.97 Å². The average molecular weight is 326 g/mol. The molecule has 1 aromatic rings. The van der Waals surface area contributed by atoms with Crippen molar-refractivity contribution in [2.75, 3.05) is 6.61 Å². The molecule has 130 valence electrons. The van der Waals surface area contributed by atoms with Gasteiger partial charge < -0.3 is 4.74 Å². The van der Waals surface area contributed by atoms with Gasteiger partial charge in [-0.3, -0.25) is 0 Å². The molecule has 0 saturated heterocycles. The van der Waals surface area contributed by atoms with Crippen molar-refractivity contribution in [2.24, 2.45) is 0 Å². The molecule has 0 aromatic heterocycles. The molecule has 0 saturated carbocycles.